The molecule has 4 nitrogen and oxygen atoms in total. The maximum absolute atomic E-state index is 5.87. The zero-order valence-corrected chi connectivity index (χ0v) is 14.0. The molecule has 0 bridgehead atoms. The fourth-order valence-corrected chi connectivity index (χ4v) is 2.14. The van der Waals surface area contributed by atoms with Crippen LogP contribution in [-0.2, 0) is 17.9 Å². The van der Waals surface area contributed by atoms with Gasteiger partial charge in [0.25, 0.3) is 0 Å². The number of benzene rings is 2. The van der Waals surface area contributed by atoms with Gasteiger partial charge in [0, 0.05) is 25.2 Å². The van der Waals surface area contributed by atoms with Crippen molar-refractivity contribution in [3.63, 3.8) is 0 Å². The average molecular weight is 332 g/mol. The van der Waals surface area contributed by atoms with Gasteiger partial charge in [0.1, 0.15) is 0 Å². The van der Waals surface area contributed by atoms with E-state index in [0.29, 0.717) is 26.3 Å². The number of rotatable bonds is 7. The lowest BCUT2D eigenvalue weighted by molar-refractivity contribution is 0.125. The number of hydrogen-bond acceptors (Lipinski definition) is 2. The molecule has 2 aromatic rings. The van der Waals surface area contributed by atoms with Gasteiger partial charge in [-0.25, -0.2) is 0 Å². The lowest BCUT2D eigenvalue weighted by Crippen LogP contribution is -2.38. The third-order valence-corrected chi connectivity index (χ3v) is 3.50. The normalized spacial score (nSPS) is 11.3. The van der Waals surface area contributed by atoms with Gasteiger partial charge >= 0.3 is 0 Å². The van der Waals surface area contributed by atoms with E-state index >= 15 is 0 Å². The van der Waals surface area contributed by atoms with E-state index in [-0.39, 0.29) is 0 Å². The van der Waals surface area contributed by atoms with Gasteiger partial charge in [-0.05, 0) is 23.3 Å². The van der Waals surface area contributed by atoms with Crippen LogP contribution < -0.4 is 10.6 Å². The first-order chi connectivity index (χ1) is 11.3. The molecular weight excluding hydrogens is 310 g/mol. The predicted octanol–water partition coefficient (Wildman–Crippen LogP) is 3.22. The fourth-order valence-electron chi connectivity index (χ4n) is 2.01. The molecule has 0 aromatic heterocycles. The van der Waals surface area contributed by atoms with E-state index in [2.05, 4.69) is 27.8 Å². The zero-order valence-electron chi connectivity index (χ0n) is 13.3. The van der Waals surface area contributed by atoms with Gasteiger partial charge in [0.05, 0.1) is 13.2 Å². The highest BCUT2D eigenvalue weighted by atomic mass is 35.5. The maximum atomic E-state index is 5.87. The van der Waals surface area contributed by atoms with Crippen molar-refractivity contribution in [3.8, 4) is 0 Å². The Balaban J connectivity index is 1.62. The Morgan fingerprint density at radius 3 is 2.43 bits per heavy atom. The number of ether oxygens (including phenoxy) is 1. The summed E-state index contributed by atoms with van der Waals surface area (Å²) >= 11 is 5.87. The Labute approximate surface area is 142 Å². The van der Waals surface area contributed by atoms with E-state index in [0.717, 1.165) is 16.5 Å². The summed E-state index contributed by atoms with van der Waals surface area (Å²) in [7, 11) is 1.75. The minimum Gasteiger partial charge on any atom is -0.375 e. The second-order valence-corrected chi connectivity index (χ2v) is 5.45. The molecule has 0 aliphatic carbocycles. The van der Waals surface area contributed by atoms with Crippen LogP contribution in [0.15, 0.2) is 59.6 Å². The molecule has 0 aliphatic rings. The summed E-state index contributed by atoms with van der Waals surface area (Å²) in [6.45, 7) is 2.64. The zero-order chi connectivity index (χ0) is 16.3. The molecule has 0 atom stereocenters. The van der Waals surface area contributed by atoms with Crippen molar-refractivity contribution in [2.24, 2.45) is 4.99 Å². The molecular formula is C18H22ClN3O. The van der Waals surface area contributed by atoms with Crippen LogP contribution in [0.5, 0.6) is 0 Å². The van der Waals surface area contributed by atoms with Crippen LogP contribution in [0.4, 0.5) is 0 Å². The fraction of sp³-hybridized carbons (Fsp3) is 0.278. The van der Waals surface area contributed by atoms with Crippen molar-refractivity contribution < 1.29 is 4.74 Å². The van der Waals surface area contributed by atoms with E-state index in [1.807, 2.05) is 42.5 Å². The number of halogens is 1. The summed E-state index contributed by atoms with van der Waals surface area (Å²) in [6.07, 6.45) is 0. The topological polar surface area (TPSA) is 45.7 Å². The second kappa shape index (κ2) is 9.87. The van der Waals surface area contributed by atoms with Gasteiger partial charge in [0.15, 0.2) is 5.96 Å². The molecule has 122 valence electrons. The molecule has 23 heavy (non-hydrogen) atoms. The monoisotopic (exact) mass is 331 g/mol. The SMILES string of the molecule is CN=C(NCCOCc1ccccc1)NCc1ccc(Cl)cc1. The quantitative estimate of drug-likeness (QED) is 0.465. The molecule has 0 amide bonds. The van der Waals surface area contributed by atoms with Gasteiger partial charge in [-0.1, -0.05) is 54.1 Å². The maximum Gasteiger partial charge on any atom is 0.191 e. The van der Waals surface area contributed by atoms with Crippen LogP contribution in [0, 0.1) is 0 Å². The largest absolute Gasteiger partial charge is 0.375 e. The van der Waals surface area contributed by atoms with Gasteiger partial charge in [-0.2, -0.15) is 0 Å². The molecule has 0 saturated carbocycles. The number of hydrogen-bond donors (Lipinski definition) is 2. The summed E-state index contributed by atoms with van der Waals surface area (Å²) in [5.41, 5.74) is 2.33. The molecule has 2 N–H and O–H groups in total. The highest BCUT2D eigenvalue weighted by Gasteiger charge is 1.98. The first-order valence-corrected chi connectivity index (χ1v) is 7.96. The lowest BCUT2D eigenvalue weighted by Gasteiger charge is -2.12. The van der Waals surface area contributed by atoms with Gasteiger partial charge < -0.3 is 15.4 Å². The molecule has 0 fully saturated rings. The van der Waals surface area contributed by atoms with Crippen LogP contribution in [0.2, 0.25) is 5.02 Å². The van der Waals surface area contributed by atoms with E-state index in [1.54, 1.807) is 7.05 Å². The minimum atomic E-state index is 0.622. The predicted molar refractivity (Wildman–Crippen MR) is 95.8 cm³/mol. The first kappa shape index (κ1) is 17.3. The molecule has 0 saturated heterocycles. The Morgan fingerprint density at radius 2 is 1.74 bits per heavy atom. The molecule has 0 heterocycles. The molecule has 0 unspecified atom stereocenters. The average Bonchev–Trinajstić information content (AvgIpc) is 2.59. The number of nitrogens with zero attached hydrogens (tertiary/aromatic N) is 1. The van der Waals surface area contributed by atoms with Crippen molar-refractivity contribution in [2.75, 3.05) is 20.2 Å². The standard InChI is InChI=1S/C18H22ClN3O/c1-20-18(22-13-15-7-9-17(19)10-8-15)21-11-12-23-14-16-5-3-2-4-6-16/h2-10H,11-14H2,1H3,(H2,20,21,22). The molecule has 2 aromatic carbocycles. The Hall–Kier alpha value is -2.04. The van der Waals surface area contributed by atoms with Crippen molar-refractivity contribution >= 4 is 17.6 Å². The summed E-state index contributed by atoms with van der Waals surface area (Å²) in [4.78, 5) is 4.19. The number of nitrogens with one attached hydrogen (secondary N) is 2. The van der Waals surface area contributed by atoms with Gasteiger partial charge in [-0.15, -0.1) is 0 Å². The van der Waals surface area contributed by atoms with Crippen LogP contribution in [0.25, 0.3) is 0 Å². The van der Waals surface area contributed by atoms with Crippen LogP contribution in [0.3, 0.4) is 0 Å². The smallest absolute Gasteiger partial charge is 0.191 e. The molecule has 2 rings (SSSR count). The van der Waals surface area contributed by atoms with E-state index in [4.69, 9.17) is 16.3 Å². The van der Waals surface area contributed by atoms with Crippen LogP contribution >= 0.6 is 11.6 Å². The summed E-state index contributed by atoms with van der Waals surface area (Å²) in [5.74, 6) is 0.753. The summed E-state index contributed by atoms with van der Waals surface area (Å²) in [6, 6.07) is 17.9. The molecule has 0 spiro atoms. The van der Waals surface area contributed by atoms with Gasteiger partial charge in [0.2, 0.25) is 0 Å². The lowest BCUT2D eigenvalue weighted by atomic mass is 10.2. The Kier molecular flexibility index (Phi) is 7.43. The third-order valence-electron chi connectivity index (χ3n) is 3.25. The van der Waals surface area contributed by atoms with E-state index in [9.17, 15) is 0 Å². The van der Waals surface area contributed by atoms with Crippen molar-refractivity contribution in [1.29, 1.82) is 0 Å². The first-order valence-electron chi connectivity index (χ1n) is 7.58. The van der Waals surface area contributed by atoms with Gasteiger partial charge in [-0.3, -0.25) is 4.99 Å². The molecule has 0 radical (unpaired) electrons. The Morgan fingerprint density at radius 1 is 1.00 bits per heavy atom. The van der Waals surface area contributed by atoms with Crippen molar-refractivity contribution in [1.82, 2.24) is 10.6 Å². The highest BCUT2D eigenvalue weighted by molar-refractivity contribution is 6.30. The van der Waals surface area contributed by atoms with Crippen molar-refractivity contribution in [3.05, 3.63) is 70.7 Å². The third kappa shape index (κ3) is 6.72. The van der Waals surface area contributed by atoms with Crippen LogP contribution in [0.1, 0.15) is 11.1 Å². The minimum absolute atomic E-state index is 0.622. The highest BCUT2D eigenvalue weighted by Crippen LogP contribution is 2.08. The Bertz CT molecular complexity index is 599. The number of aliphatic imine (C=N–C) groups is 1. The summed E-state index contributed by atoms with van der Waals surface area (Å²) in [5, 5.41) is 7.22. The molecule has 5 heteroatoms. The van der Waals surface area contributed by atoms with E-state index < -0.39 is 0 Å². The van der Waals surface area contributed by atoms with Crippen molar-refractivity contribution in [2.45, 2.75) is 13.2 Å². The van der Waals surface area contributed by atoms with E-state index in [1.165, 1.54) is 5.56 Å². The number of guanidine groups is 1. The second-order valence-electron chi connectivity index (χ2n) is 5.02. The summed E-state index contributed by atoms with van der Waals surface area (Å²) < 4.78 is 5.63. The van der Waals surface area contributed by atoms with Crippen LogP contribution in [-0.4, -0.2) is 26.2 Å². The molecule has 0 aliphatic heterocycles.